The van der Waals surface area contributed by atoms with Gasteiger partial charge in [-0.05, 0) is 60.7 Å². The van der Waals surface area contributed by atoms with Crippen LogP contribution in [-0.2, 0) is 17.8 Å². The topological polar surface area (TPSA) is 32.3 Å². The van der Waals surface area contributed by atoms with E-state index >= 15 is 0 Å². The molecule has 1 heterocycles. The first-order valence-corrected chi connectivity index (χ1v) is 11.2. The summed E-state index contributed by atoms with van der Waals surface area (Å²) in [6.07, 6.45) is 2.70. The zero-order valence-corrected chi connectivity index (χ0v) is 18.1. The molecule has 1 amide bonds. The van der Waals surface area contributed by atoms with E-state index in [1.54, 1.807) is 0 Å². The van der Waals surface area contributed by atoms with Crippen LogP contribution in [0.25, 0.3) is 11.1 Å². The number of likely N-dealkylation sites (tertiary alicyclic amines) is 1. The Bertz CT molecular complexity index is 1050. The highest BCUT2D eigenvalue weighted by molar-refractivity contribution is 5.79. The van der Waals surface area contributed by atoms with E-state index in [2.05, 4.69) is 22.3 Å². The highest BCUT2D eigenvalue weighted by atomic mass is 19.1. The van der Waals surface area contributed by atoms with Crippen molar-refractivity contribution in [2.24, 2.45) is 5.92 Å². The van der Waals surface area contributed by atoms with Crippen molar-refractivity contribution in [3.63, 3.8) is 0 Å². The van der Waals surface area contributed by atoms with Gasteiger partial charge in [-0.15, -0.1) is 0 Å². The third-order valence-corrected chi connectivity index (χ3v) is 6.01. The second-order valence-electron chi connectivity index (χ2n) is 8.43. The molecule has 0 aromatic heterocycles. The molecule has 1 aliphatic heterocycles. The predicted molar refractivity (Wildman–Crippen MR) is 123 cm³/mol. The third kappa shape index (κ3) is 5.80. The Balaban J connectivity index is 1.33. The Hall–Kier alpha value is -3.05. The number of halogens is 2. The molecule has 3 aromatic carbocycles. The molecule has 1 saturated heterocycles. The molecule has 32 heavy (non-hydrogen) atoms. The molecule has 1 aliphatic rings. The van der Waals surface area contributed by atoms with Crippen LogP contribution in [-0.4, -0.2) is 30.4 Å². The molecule has 1 unspecified atom stereocenters. The third-order valence-electron chi connectivity index (χ3n) is 6.01. The summed E-state index contributed by atoms with van der Waals surface area (Å²) in [5.41, 5.74) is 3.39. The fraction of sp³-hybridized carbons (Fsp3) is 0.296. The predicted octanol–water partition coefficient (Wildman–Crippen LogP) is 5.20. The van der Waals surface area contributed by atoms with Gasteiger partial charge in [0.25, 0.3) is 0 Å². The summed E-state index contributed by atoms with van der Waals surface area (Å²) in [7, 11) is 0. The molecule has 0 aliphatic carbocycles. The number of carbonyl (C=O) groups is 1. The van der Waals surface area contributed by atoms with E-state index < -0.39 is 11.6 Å². The van der Waals surface area contributed by atoms with Crippen molar-refractivity contribution in [2.45, 2.75) is 25.8 Å². The number of hydrogen-bond acceptors (Lipinski definition) is 2. The van der Waals surface area contributed by atoms with Crippen LogP contribution in [0.2, 0.25) is 0 Å². The Morgan fingerprint density at radius 1 is 0.969 bits per heavy atom. The van der Waals surface area contributed by atoms with Gasteiger partial charge in [0.2, 0.25) is 5.91 Å². The minimum atomic E-state index is -0.580. The number of nitrogens with zero attached hydrogens (tertiary/aromatic N) is 1. The van der Waals surface area contributed by atoms with Gasteiger partial charge in [0.15, 0.2) is 0 Å². The van der Waals surface area contributed by atoms with Crippen LogP contribution in [0, 0.1) is 17.6 Å². The summed E-state index contributed by atoms with van der Waals surface area (Å²) in [5, 5.41) is 3.09. The van der Waals surface area contributed by atoms with Crippen molar-refractivity contribution < 1.29 is 13.6 Å². The maximum absolute atomic E-state index is 14.2. The van der Waals surface area contributed by atoms with Crippen LogP contribution in [0.1, 0.15) is 24.0 Å². The molecule has 0 saturated carbocycles. The maximum Gasteiger partial charge on any atom is 0.224 e. The molecular formula is C27H28F2N2O. The Labute approximate surface area is 188 Å². The fourth-order valence-corrected chi connectivity index (χ4v) is 4.35. The summed E-state index contributed by atoms with van der Waals surface area (Å²) < 4.78 is 27.4. The molecule has 0 bridgehead atoms. The van der Waals surface area contributed by atoms with Gasteiger partial charge in [-0.25, -0.2) is 8.78 Å². The van der Waals surface area contributed by atoms with Gasteiger partial charge in [-0.1, -0.05) is 48.5 Å². The molecule has 1 N–H and O–H groups in total. The van der Waals surface area contributed by atoms with E-state index in [-0.39, 0.29) is 11.8 Å². The van der Waals surface area contributed by atoms with Crippen LogP contribution in [0.15, 0.2) is 72.8 Å². The minimum absolute atomic E-state index is 0.0164. The van der Waals surface area contributed by atoms with E-state index in [1.807, 2.05) is 42.5 Å². The van der Waals surface area contributed by atoms with Crippen molar-refractivity contribution in [1.82, 2.24) is 10.2 Å². The largest absolute Gasteiger partial charge is 0.355 e. The quantitative estimate of drug-likeness (QED) is 0.554. The molecular weight excluding hydrogens is 406 g/mol. The SMILES string of the molecule is O=C(NCCc1ccccc1)C1CCCN(Cc2cccc(-c3ccc(F)cc3F)c2)C1. The smallest absolute Gasteiger partial charge is 0.224 e. The van der Waals surface area contributed by atoms with Crippen molar-refractivity contribution in [3.8, 4) is 11.1 Å². The van der Waals surface area contributed by atoms with Gasteiger partial charge >= 0.3 is 0 Å². The fourth-order valence-electron chi connectivity index (χ4n) is 4.35. The van der Waals surface area contributed by atoms with Crippen molar-refractivity contribution >= 4 is 5.91 Å². The number of hydrogen-bond donors (Lipinski definition) is 1. The number of benzene rings is 3. The first-order chi connectivity index (χ1) is 15.6. The summed E-state index contributed by atoms with van der Waals surface area (Å²) in [5.74, 6) is -1.04. The number of piperidine rings is 1. The monoisotopic (exact) mass is 434 g/mol. The maximum atomic E-state index is 14.2. The number of amides is 1. The highest BCUT2D eigenvalue weighted by Gasteiger charge is 2.25. The standard InChI is InChI=1S/C27H28F2N2O/c28-24-11-12-25(26(29)17-24)22-9-4-8-21(16-22)18-31-15-5-10-23(19-31)27(32)30-14-13-20-6-2-1-3-7-20/h1-4,6-9,11-12,16-17,23H,5,10,13-15,18-19H2,(H,30,32). The normalized spacial score (nSPS) is 16.6. The molecule has 0 spiro atoms. The van der Waals surface area contributed by atoms with Crippen molar-refractivity contribution in [1.29, 1.82) is 0 Å². The first-order valence-electron chi connectivity index (χ1n) is 11.2. The lowest BCUT2D eigenvalue weighted by Crippen LogP contribution is -2.43. The zero-order valence-electron chi connectivity index (χ0n) is 18.1. The van der Waals surface area contributed by atoms with Crippen molar-refractivity contribution in [3.05, 3.63) is 95.6 Å². The van der Waals surface area contributed by atoms with E-state index in [9.17, 15) is 13.6 Å². The molecule has 1 atom stereocenters. The lowest BCUT2D eigenvalue weighted by atomic mass is 9.96. The van der Waals surface area contributed by atoms with Gasteiger partial charge in [0.05, 0.1) is 5.92 Å². The summed E-state index contributed by atoms with van der Waals surface area (Å²) >= 11 is 0. The Morgan fingerprint density at radius 3 is 2.59 bits per heavy atom. The number of rotatable bonds is 7. The van der Waals surface area contributed by atoms with Crippen molar-refractivity contribution in [2.75, 3.05) is 19.6 Å². The van der Waals surface area contributed by atoms with E-state index in [0.717, 1.165) is 43.0 Å². The molecule has 3 aromatic rings. The summed E-state index contributed by atoms with van der Waals surface area (Å²) in [6.45, 7) is 2.99. The summed E-state index contributed by atoms with van der Waals surface area (Å²) in [6, 6.07) is 21.5. The average Bonchev–Trinajstić information content (AvgIpc) is 2.80. The van der Waals surface area contributed by atoms with Gasteiger partial charge in [-0.3, -0.25) is 9.69 Å². The first kappa shape index (κ1) is 22.2. The second-order valence-corrected chi connectivity index (χ2v) is 8.43. The van der Waals surface area contributed by atoms with Gasteiger partial charge < -0.3 is 5.32 Å². The lowest BCUT2D eigenvalue weighted by molar-refractivity contribution is -0.126. The van der Waals surface area contributed by atoms with Crippen LogP contribution in [0.5, 0.6) is 0 Å². The zero-order chi connectivity index (χ0) is 22.3. The van der Waals surface area contributed by atoms with Crippen LogP contribution < -0.4 is 5.32 Å². The Kier molecular flexibility index (Phi) is 7.28. The van der Waals surface area contributed by atoms with Gasteiger partial charge in [0, 0.05) is 31.3 Å². The lowest BCUT2D eigenvalue weighted by Gasteiger charge is -2.32. The van der Waals surface area contributed by atoms with E-state index in [1.165, 1.54) is 17.7 Å². The number of nitrogens with one attached hydrogen (secondary N) is 1. The highest BCUT2D eigenvalue weighted by Crippen LogP contribution is 2.26. The van der Waals surface area contributed by atoms with Gasteiger partial charge in [0.1, 0.15) is 11.6 Å². The van der Waals surface area contributed by atoms with E-state index in [0.29, 0.717) is 25.2 Å². The molecule has 5 heteroatoms. The molecule has 1 fully saturated rings. The molecule has 4 rings (SSSR count). The number of carbonyl (C=O) groups excluding carboxylic acids is 1. The van der Waals surface area contributed by atoms with Crippen LogP contribution in [0.3, 0.4) is 0 Å². The molecule has 166 valence electrons. The van der Waals surface area contributed by atoms with Crippen LogP contribution in [0.4, 0.5) is 8.78 Å². The molecule has 3 nitrogen and oxygen atoms in total. The average molecular weight is 435 g/mol. The Morgan fingerprint density at radius 2 is 1.78 bits per heavy atom. The summed E-state index contributed by atoms with van der Waals surface area (Å²) in [4.78, 5) is 15.0. The molecule has 0 radical (unpaired) electrons. The van der Waals surface area contributed by atoms with Crippen LogP contribution >= 0.6 is 0 Å². The van der Waals surface area contributed by atoms with Gasteiger partial charge in [-0.2, -0.15) is 0 Å². The second kappa shape index (κ2) is 10.5. The minimum Gasteiger partial charge on any atom is -0.355 e. The van der Waals surface area contributed by atoms with E-state index in [4.69, 9.17) is 0 Å².